The Morgan fingerprint density at radius 1 is 1.29 bits per heavy atom. The van der Waals surface area contributed by atoms with Crippen molar-refractivity contribution in [2.24, 2.45) is 0 Å². The fourth-order valence-corrected chi connectivity index (χ4v) is 2.12. The number of nitrogens with zero attached hydrogens (tertiary/aromatic N) is 1. The summed E-state index contributed by atoms with van der Waals surface area (Å²) in [5.74, 6) is -0.288. The fourth-order valence-electron chi connectivity index (χ4n) is 1.92. The minimum Gasteiger partial charge on any atom is -0.399 e. The van der Waals surface area contributed by atoms with Gasteiger partial charge in [-0.1, -0.05) is 23.7 Å². The number of benzene rings is 2. The number of carbonyl (C=O) groups is 1. The molecule has 106 valence electrons. The second-order valence-corrected chi connectivity index (χ2v) is 5.08. The van der Waals surface area contributed by atoms with Crippen molar-refractivity contribution in [3.05, 3.63) is 64.2 Å². The lowest BCUT2D eigenvalue weighted by molar-refractivity contribution is 0.0940. The summed E-state index contributed by atoms with van der Waals surface area (Å²) in [6.07, 6.45) is 0. The molecule has 0 saturated carbocycles. The molecule has 1 amide bonds. The number of nitrogens with one attached hydrogen (secondary N) is 1. The van der Waals surface area contributed by atoms with Crippen LogP contribution in [0.1, 0.15) is 34.5 Å². The van der Waals surface area contributed by atoms with Gasteiger partial charge >= 0.3 is 0 Å². The summed E-state index contributed by atoms with van der Waals surface area (Å²) in [7, 11) is 0. The predicted molar refractivity (Wildman–Crippen MR) is 82.9 cm³/mol. The van der Waals surface area contributed by atoms with Gasteiger partial charge in [0.25, 0.3) is 5.91 Å². The summed E-state index contributed by atoms with van der Waals surface area (Å²) in [6, 6.07) is 13.7. The van der Waals surface area contributed by atoms with Gasteiger partial charge in [-0.3, -0.25) is 4.79 Å². The first-order valence-electron chi connectivity index (χ1n) is 6.37. The number of nitrogens with two attached hydrogens (primary N) is 1. The number of hydrogen-bond acceptors (Lipinski definition) is 3. The highest BCUT2D eigenvalue weighted by molar-refractivity contribution is 6.34. The standard InChI is InChI=1S/C16H14ClN3O/c1-10(12-4-2-11(9-18)3-5-12)20-16(21)14-8-13(19)6-7-15(14)17/h2-8,10H,19H2,1H3,(H,20,21). The van der Waals surface area contributed by atoms with Crippen molar-refractivity contribution >= 4 is 23.2 Å². The molecule has 0 aliphatic heterocycles. The average molecular weight is 300 g/mol. The zero-order valence-corrected chi connectivity index (χ0v) is 12.2. The maximum atomic E-state index is 12.2. The van der Waals surface area contributed by atoms with Gasteiger partial charge in [-0.25, -0.2) is 0 Å². The quantitative estimate of drug-likeness (QED) is 0.854. The number of rotatable bonds is 3. The van der Waals surface area contributed by atoms with Gasteiger partial charge in [0, 0.05) is 5.69 Å². The van der Waals surface area contributed by atoms with Crippen LogP contribution in [0.15, 0.2) is 42.5 Å². The number of carbonyl (C=O) groups excluding carboxylic acids is 1. The summed E-state index contributed by atoms with van der Waals surface area (Å²) >= 11 is 6.01. The first-order valence-corrected chi connectivity index (χ1v) is 6.75. The maximum Gasteiger partial charge on any atom is 0.253 e. The van der Waals surface area contributed by atoms with E-state index in [1.807, 2.05) is 19.1 Å². The van der Waals surface area contributed by atoms with Crippen molar-refractivity contribution in [1.82, 2.24) is 5.32 Å². The Morgan fingerprint density at radius 3 is 2.57 bits per heavy atom. The van der Waals surface area contributed by atoms with E-state index >= 15 is 0 Å². The van der Waals surface area contributed by atoms with Crippen molar-refractivity contribution in [3.8, 4) is 6.07 Å². The monoisotopic (exact) mass is 299 g/mol. The van der Waals surface area contributed by atoms with E-state index in [1.54, 1.807) is 30.3 Å². The lowest BCUT2D eigenvalue weighted by atomic mass is 10.1. The van der Waals surface area contributed by atoms with Gasteiger partial charge in [0.1, 0.15) is 0 Å². The van der Waals surface area contributed by atoms with Gasteiger partial charge in [0.05, 0.1) is 28.3 Å². The van der Waals surface area contributed by atoms with Gasteiger partial charge in [0.15, 0.2) is 0 Å². The molecule has 21 heavy (non-hydrogen) atoms. The van der Waals surface area contributed by atoms with Crippen LogP contribution >= 0.6 is 11.6 Å². The van der Waals surface area contributed by atoms with E-state index in [0.717, 1.165) is 5.56 Å². The average Bonchev–Trinajstić information content (AvgIpc) is 2.49. The topological polar surface area (TPSA) is 78.9 Å². The summed E-state index contributed by atoms with van der Waals surface area (Å²) in [5, 5.41) is 12.0. The van der Waals surface area contributed by atoms with E-state index in [0.29, 0.717) is 21.8 Å². The lowest BCUT2D eigenvalue weighted by Crippen LogP contribution is -2.27. The van der Waals surface area contributed by atoms with E-state index in [-0.39, 0.29) is 11.9 Å². The summed E-state index contributed by atoms with van der Waals surface area (Å²) < 4.78 is 0. The summed E-state index contributed by atoms with van der Waals surface area (Å²) in [6.45, 7) is 1.86. The molecule has 1 unspecified atom stereocenters. The predicted octanol–water partition coefficient (Wildman–Crippen LogP) is 3.28. The zero-order chi connectivity index (χ0) is 15.4. The second-order valence-electron chi connectivity index (χ2n) is 4.67. The van der Waals surface area contributed by atoms with Gasteiger partial charge in [-0.2, -0.15) is 5.26 Å². The summed E-state index contributed by atoms with van der Waals surface area (Å²) in [4.78, 5) is 12.2. The number of nitriles is 1. The van der Waals surface area contributed by atoms with Gasteiger partial charge in [-0.05, 0) is 42.8 Å². The lowest BCUT2D eigenvalue weighted by Gasteiger charge is -2.15. The Bertz CT molecular complexity index is 704. The minimum atomic E-state index is -0.288. The first-order chi connectivity index (χ1) is 10.0. The Balaban J connectivity index is 2.14. The van der Waals surface area contributed by atoms with Crippen molar-refractivity contribution in [2.75, 3.05) is 5.73 Å². The molecule has 0 fully saturated rings. The van der Waals surface area contributed by atoms with Gasteiger partial charge in [0.2, 0.25) is 0 Å². The first kappa shape index (κ1) is 14.9. The van der Waals surface area contributed by atoms with Crippen LogP contribution in [-0.2, 0) is 0 Å². The van der Waals surface area contributed by atoms with E-state index in [4.69, 9.17) is 22.6 Å². The molecular weight excluding hydrogens is 286 g/mol. The molecule has 2 aromatic carbocycles. The highest BCUT2D eigenvalue weighted by atomic mass is 35.5. The molecule has 0 aliphatic rings. The molecule has 4 nitrogen and oxygen atoms in total. The Hall–Kier alpha value is -2.51. The SMILES string of the molecule is CC(NC(=O)c1cc(N)ccc1Cl)c1ccc(C#N)cc1. The van der Waals surface area contributed by atoms with E-state index in [9.17, 15) is 4.79 Å². The molecule has 2 rings (SSSR count). The van der Waals surface area contributed by atoms with Crippen LogP contribution in [0.5, 0.6) is 0 Å². The van der Waals surface area contributed by atoms with Crippen LogP contribution in [0.25, 0.3) is 0 Å². The zero-order valence-electron chi connectivity index (χ0n) is 11.4. The molecule has 1 atom stereocenters. The van der Waals surface area contributed by atoms with Crippen molar-refractivity contribution in [3.63, 3.8) is 0 Å². The minimum absolute atomic E-state index is 0.206. The number of amides is 1. The van der Waals surface area contributed by atoms with Crippen molar-refractivity contribution < 1.29 is 4.79 Å². The molecular formula is C16H14ClN3O. The van der Waals surface area contributed by atoms with E-state index < -0.39 is 0 Å². The smallest absolute Gasteiger partial charge is 0.253 e. The molecule has 0 aliphatic carbocycles. The normalized spacial score (nSPS) is 11.5. The Labute approximate surface area is 128 Å². The summed E-state index contributed by atoms with van der Waals surface area (Å²) in [5.41, 5.74) is 7.98. The van der Waals surface area contributed by atoms with Crippen LogP contribution < -0.4 is 11.1 Å². The molecule has 0 bridgehead atoms. The van der Waals surface area contributed by atoms with Crippen LogP contribution in [0.3, 0.4) is 0 Å². The van der Waals surface area contributed by atoms with Crippen LogP contribution in [0.4, 0.5) is 5.69 Å². The van der Waals surface area contributed by atoms with Crippen molar-refractivity contribution in [2.45, 2.75) is 13.0 Å². The van der Waals surface area contributed by atoms with E-state index in [1.165, 1.54) is 0 Å². The Kier molecular flexibility index (Phi) is 4.46. The van der Waals surface area contributed by atoms with Gasteiger partial charge < -0.3 is 11.1 Å². The van der Waals surface area contributed by atoms with Gasteiger partial charge in [-0.15, -0.1) is 0 Å². The third kappa shape index (κ3) is 3.53. The van der Waals surface area contributed by atoms with Crippen LogP contribution in [0.2, 0.25) is 5.02 Å². The third-order valence-corrected chi connectivity index (χ3v) is 3.45. The molecule has 0 spiro atoms. The molecule has 2 aromatic rings. The van der Waals surface area contributed by atoms with E-state index in [2.05, 4.69) is 11.4 Å². The molecule has 5 heteroatoms. The number of nitrogen functional groups attached to an aromatic ring is 1. The van der Waals surface area contributed by atoms with Crippen LogP contribution in [-0.4, -0.2) is 5.91 Å². The third-order valence-electron chi connectivity index (χ3n) is 3.12. The molecule has 3 N–H and O–H groups in total. The molecule has 0 aromatic heterocycles. The number of halogens is 1. The highest BCUT2D eigenvalue weighted by Crippen LogP contribution is 2.20. The second kappa shape index (κ2) is 6.29. The largest absolute Gasteiger partial charge is 0.399 e. The number of hydrogen-bond donors (Lipinski definition) is 2. The highest BCUT2D eigenvalue weighted by Gasteiger charge is 2.14. The fraction of sp³-hybridized carbons (Fsp3) is 0.125. The molecule has 0 heterocycles. The van der Waals surface area contributed by atoms with Crippen LogP contribution in [0, 0.1) is 11.3 Å². The van der Waals surface area contributed by atoms with Crippen molar-refractivity contribution in [1.29, 1.82) is 5.26 Å². The Morgan fingerprint density at radius 2 is 1.95 bits per heavy atom. The molecule has 0 saturated heterocycles. The molecule has 0 radical (unpaired) electrons. The maximum absolute atomic E-state index is 12.2. The number of anilines is 1.